The van der Waals surface area contributed by atoms with Crippen LogP contribution in [0.3, 0.4) is 0 Å². The minimum absolute atomic E-state index is 0.0243. The van der Waals surface area contributed by atoms with Gasteiger partial charge in [-0.15, -0.1) is 0 Å². The zero-order valence-corrected chi connectivity index (χ0v) is 10.7. The molecule has 0 fully saturated rings. The molecule has 0 radical (unpaired) electrons. The minimum atomic E-state index is -0.825. The van der Waals surface area contributed by atoms with E-state index in [9.17, 15) is 14.0 Å². The second-order valence-electron chi connectivity index (χ2n) is 3.62. The Morgan fingerprint density at radius 3 is 2.42 bits per heavy atom. The topological polar surface area (TPSA) is 65.0 Å². The average Bonchev–Trinajstić information content (AvgIpc) is 2.36. The fraction of sp³-hybridized carbons (Fsp3) is 0.308. The van der Waals surface area contributed by atoms with Crippen LogP contribution in [-0.4, -0.2) is 24.1 Å². The molecule has 0 bridgehead atoms. The number of carbonyl (C=O) groups excluding carboxylic acids is 2. The molecule has 0 aromatic heterocycles. The zero-order chi connectivity index (χ0) is 14.3. The van der Waals surface area contributed by atoms with Gasteiger partial charge in [-0.25, -0.2) is 9.18 Å². The van der Waals surface area contributed by atoms with E-state index >= 15 is 0 Å². The first-order chi connectivity index (χ1) is 9.04. The van der Waals surface area contributed by atoms with Gasteiger partial charge >= 0.3 is 5.97 Å². The predicted octanol–water partition coefficient (Wildman–Crippen LogP) is 1.85. The van der Waals surface area contributed by atoms with E-state index in [2.05, 4.69) is 9.89 Å². The van der Waals surface area contributed by atoms with Crippen molar-refractivity contribution in [2.45, 2.75) is 20.5 Å². The molecule has 102 valence electrons. The van der Waals surface area contributed by atoms with Crippen molar-refractivity contribution in [1.82, 2.24) is 0 Å². The molecule has 0 N–H and O–H groups in total. The average molecular weight is 267 g/mol. The molecule has 1 rings (SSSR count). The molecular weight excluding hydrogens is 253 g/mol. The zero-order valence-electron chi connectivity index (χ0n) is 10.7. The molecule has 0 aliphatic carbocycles. The van der Waals surface area contributed by atoms with Gasteiger partial charge in [0.25, 0.3) is 0 Å². The summed E-state index contributed by atoms with van der Waals surface area (Å²) in [6, 6.07) is 5.59. The lowest BCUT2D eigenvalue weighted by Gasteiger charge is -2.03. The van der Waals surface area contributed by atoms with Crippen molar-refractivity contribution in [3.8, 4) is 0 Å². The largest absolute Gasteiger partial charge is 0.461 e. The van der Waals surface area contributed by atoms with Gasteiger partial charge in [-0.3, -0.25) is 4.79 Å². The summed E-state index contributed by atoms with van der Waals surface area (Å²) in [5.74, 6) is -1.73. The quantitative estimate of drug-likeness (QED) is 0.341. The SMILES string of the molecule is CCOC(=O)/C(=N\OCc1ccc(F)cc1)C(C)=O. The summed E-state index contributed by atoms with van der Waals surface area (Å²) < 4.78 is 17.3. The standard InChI is InChI=1S/C13H14FNO4/c1-3-18-13(17)12(9(2)16)15-19-8-10-4-6-11(14)7-5-10/h4-7H,3,8H2,1-2H3/b15-12-. The number of ether oxygens (including phenoxy) is 1. The lowest BCUT2D eigenvalue weighted by atomic mass is 10.2. The van der Waals surface area contributed by atoms with Gasteiger partial charge in [0.2, 0.25) is 5.71 Å². The molecule has 0 heterocycles. The highest BCUT2D eigenvalue weighted by atomic mass is 19.1. The summed E-state index contributed by atoms with van der Waals surface area (Å²) in [5.41, 5.74) is 0.265. The summed E-state index contributed by atoms with van der Waals surface area (Å²) >= 11 is 0. The number of nitrogens with zero attached hydrogens (tertiary/aromatic N) is 1. The number of rotatable bonds is 6. The maximum absolute atomic E-state index is 12.7. The third-order valence-corrected chi connectivity index (χ3v) is 2.10. The van der Waals surface area contributed by atoms with Crippen molar-refractivity contribution in [1.29, 1.82) is 0 Å². The Morgan fingerprint density at radius 1 is 1.26 bits per heavy atom. The van der Waals surface area contributed by atoms with Crippen LogP contribution in [0, 0.1) is 5.82 Å². The van der Waals surface area contributed by atoms with Crippen molar-refractivity contribution in [2.24, 2.45) is 5.16 Å². The molecule has 5 nitrogen and oxygen atoms in total. The van der Waals surface area contributed by atoms with Crippen LogP contribution in [0.4, 0.5) is 4.39 Å². The third kappa shape index (κ3) is 4.87. The van der Waals surface area contributed by atoms with Crippen LogP contribution in [0.1, 0.15) is 19.4 Å². The third-order valence-electron chi connectivity index (χ3n) is 2.10. The van der Waals surface area contributed by atoms with E-state index in [0.29, 0.717) is 5.56 Å². The van der Waals surface area contributed by atoms with Crippen molar-refractivity contribution >= 4 is 17.5 Å². The molecule has 1 aromatic rings. The van der Waals surface area contributed by atoms with Gasteiger partial charge in [0.15, 0.2) is 5.78 Å². The van der Waals surface area contributed by atoms with E-state index in [0.717, 1.165) is 0 Å². The van der Waals surface area contributed by atoms with Crippen molar-refractivity contribution < 1.29 is 23.6 Å². The van der Waals surface area contributed by atoms with Crippen molar-refractivity contribution in [2.75, 3.05) is 6.61 Å². The number of ketones is 1. The van der Waals surface area contributed by atoms with E-state index in [-0.39, 0.29) is 19.0 Å². The number of halogens is 1. The van der Waals surface area contributed by atoms with Gasteiger partial charge in [-0.2, -0.15) is 0 Å². The minimum Gasteiger partial charge on any atom is -0.461 e. The molecule has 0 aliphatic rings. The normalized spacial score (nSPS) is 11.0. The molecular formula is C13H14FNO4. The number of esters is 1. The molecule has 0 unspecified atom stereocenters. The van der Waals surface area contributed by atoms with Gasteiger partial charge < -0.3 is 9.57 Å². The number of carbonyl (C=O) groups is 2. The second-order valence-corrected chi connectivity index (χ2v) is 3.62. The Labute approximate surface area is 110 Å². The highest BCUT2D eigenvalue weighted by molar-refractivity contribution is 6.63. The lowest BCUT2D eigenvalue weighted by Crippen LogP contribution is -2.24. The lowest BCUT2D eigenvalue weighted by molar-refractivity contribution is -0.136. The van der Waals surface area contributed by atoms with Gasteiger partial charge in [-0.05, 0) is 24.6 Å². The van der Waals surface area contributed by atoms with E-state index in [1.54, 1.807) is 6.92 Å². The summed E-state index contributed by atoms with van der Waals surface area (Å²) in [7, 11) is 0. The number of benzene rings is 1. The van der Waals surface area contributed by atoms with E-state index < -0.39 is 17.5 Å². The molecule has 19 heavy (non-hydrogen) atoms. The summed E-state index contributed by atoms with van der Waals surface area (Å²) in [6.07, 6.45) is 0. The van der Waals surface area contributed by atoms with E-state index in [4.69, 9.17) is 4.84 Å². The Hall–Kier alpha value is -2.24. The Balaban J connectivity index is 2.64. The first-order valence-electron chi connectivity index (χ1n) is 5.67. The van der Waals surface area contributed by atoms with Crippen LogP contribution in [0.5, 0.6) is 0 Å². The summed E-state index contributed by atoms with van der Waals surface area (Å²) in [4.78, 5) is 27.4. The summed E-state index contributed by atoms with van der Waals surface area (Å²) in [6.45, 7) is 2.98. The maximum Gasteiger partial charge on any atom is 0.364 e. The second kappa shape index (κ2) is 7.25. The van der Waals surface area contributed by atoms with Crippen LogP contribution in [0.25, 0.3) is 0 Å². The van der Waals surface area contributed by atoms with Crippen LogP contribution in [-0.2, 0) is 25.8 Å². The first kappa shape index (κ1) is 14.8. The maximum atomic E-state index is 12.7. The van der Waals surface area contributed by atoms with Crippen LogP contribution in [0.2, 0.25) is 0 Å². The van der Waals surface area contributed by atoms with Gasteiger partial charge in [0.1, 0.15) is 12.4 Å². The van der Waals surface area contributed by atoms with Gasteiger partial charge in [-0.1, -0.05) is 17.3 Å². The van der Waals surface area contributed by atoms with E-state index in [1.165, 1.54) is 31.2 Å². The van der Waals surface area contributed by atoms with Crippen LogP contribution < -0.4 is 0 Å². The van der Waals surface area contributed by atoms with Gasteiger partial charge in [0.05, 0.1) is 6.61 Å². The Bertz CT molecular complexity index is 482. The molecule has 0 spiro atoms. The molecule has 0 atom stereocenters. The molecule has 0 saturated carbocycles. The number of hydrogen-bond donors (Lipinski definition) is 0. The molecule has 0 aliphatic heterocycles. The number of Topliss-reactive ketones (excluding diaryl/α,β-unsaturated/α-hetero) is 1. The van der Waals surface area contributed by atoms with E-state index in [1.807, 2.05) is 0 Å². The fourth-order valence-corrected chi connectivity index (χ4v) is 1.20. The first-order valence-corrected chi connectivity index (χ1v) is 5.67. The molecule has 6 heteroatoms. The van der Waals surface area contributed by atoms with Crippen molar-refractivity contribution in [3.05, 3.63) is 35.6 Å². The molecule has 1 aromatic carbocycles. The predicted molar refractivity (Wildman–Crippen MR) is 65.9 cm³/mol. The van der Waals surface area contributed by atoms with Crippen molar-refractivity contribution in [3.63, 3.8) is 0 Å². The number of oxime groups is 1. The number of hydrogen-bond acceptors (Lipinski definition) is 5. The van der Waals surface area contributed by atoms with Crippen LogP contribution in [0.15, 0.2) is 29.4 Å². The smallest absolute Gasteiger partial charge is 0.364 e. The van der Waals surface area contributed by atoms with Gasteiger partial charge in [0, 0.05) is 6.92 Å². The van der Waals surface area contributed by atoms with Crippen LogP contribution >= 0.6 is 0 Å². The molecule has 0 amide bonds. The molecule has 0 saturated heterocycles. The Kier molecular flexibility index (Phi) is 5.66. The Morgan fingerprint density at radius 2 is 1.89 bits per heavy atom. The monoisotopic (exact) mass is 267 g/mol. The summed E-state index contributed by atoms with van der Waals surface area (Å²) in [5, 5.41) is 3.46. The highest BCUT2D eigenvalue weighted by Crippen LogP contribution is 2.04. The fourth-order valence-electron chi connectivity index (χ4n) is 1.20. The highest BCUT2D eigenvalue weighted by Gasteiger charge is 2.18.